The van der Waals surface area contributed by atoms with Gasteiger partial charge < -0.3 is 14.8 Å². The topological polar surface area (TPSA) is 92.3 Å². The van der Waals surface area contributed by atoms with Crippen LogP contribution in [0.25, 0.3) is 10.2 Å². The number of benzene rings is 1. The number of hydrogen-bond acceptors (Lipinski definition) is 6. The maximum Gasteiger partial charge on any atom is 0.337 e. The summed E-state index contributed by atoms with van der Waals surface area (Å²) in [7, 11) is 0. The summed E-state index contributed by atoms with van der Waals surface area (Å²) in [6, 6.07) is 7.95. The molecule has 0 bridgehead atoms. The van der Waals surface area contributed by atoms with Gasteiger partial charge in [-0.05, 0) is 31.9 Å². The summed E-state index contributed by atoms with van der Waals surface area (Å²) in [6.45, 7) is 2.68. The molecule has 0 radical (unpaired) electrons. The molecule has 8 heteroatoms. The van der Waals surface area contributed by atoms with Crippen molar-refractivity contribution in [2.75, 3.05) is 12.4 Å². The second kappa shape index (κ2) is 8.37. The summed E-state index contributed by atoms with van der Waals surface area (Å²) < 4.78 is 5.68. The molecule has 0 saturated carbocycles. The van der Waals surface area contributed by atoms with Crippen LogP contribution in [0, 0.1) is 6.92 Å². The molecule has 26 heavy (non-hydrogen) atoms. The van der Waals surface area contributed by atoms with Crippen molar-refractivity contribution in [3.8, 4) is 5.75 Å². The molecule has 0 fully saturated rings. The van der Waals surface area contributed by atoms with Crippen molar-refractivity contribution in [1.29, 1.82) is 0 Å². The summed E-state index contributed by atoms with van der Waals surface area (Å²) >= 11 is 2.62. The van der Waals surface area contributed by atoms with Crippen LogP contribution in [0.3, 0.4) is 0 Å². The average molecular weight is 390 g/mol. The van der Waals surface area contributed by atoms with Gasteiger partial charge in [-0.3, -0.25) is 4.79 Å². The number of hydrogen-bond donors (Lipinski definition) is 2. The third-order valence-electron chi connectivity index (χ3n) is 3.72. The predicted molar refractivity (Wildman–Crippen MR) is 104 cm³/mol. The van der Waals surface area contributed by atoms with Gasteiger partial charge in [-0.1, -0.05) is 29.5 Å². The van der Waals surface area contributed by atoms with Crippen LogP contribution in [0.15, 0.2) is 39.6 Å². The number of thiophene rings is 1. The number of nitrogens with one attached hydrogen (secondary N) is 1. The third kappa shape index (κ3) is 4.44. The number of thioether (sulfide) groups is 1. The average Bonchev–Trinajstić information content (AvgIpc) is 3.04. The van der Waals surface area contributed by atoms with Crippen molar-refractivity contribution in [1.82, 2.24) is 9.97 Å². The van der Waals surface area contributed by atoms with E-state index in [4.69, 9.17) is 9.84 Å². The zero-order chi connectivity index (χ0) is 18.5. The molecule has 0 aliphatic rings. The molecule has 0 spiro atoms. The van der Waals surface area contributed by atoms with E-state index in [9.17, 15) is 9.59 Å². The first-order valence-corrected chi connectivity index (χ1v) is 9.98. The van der Waals surface area contributed by atoms with E-state index in [-0.39, 0.29) is 10.9 Å². The fourth-order valence-electron chi connectivity index (χ4n) is 2.35. The number of aromatic carboxylic acids is 1. The zero-order valence-corrected chi connectivity index (χ0v) is 15.8. The largest absolute Gasteiger partial charge is 0.494 e. The lowest BCUT2D eigenvalue weighted by atomic mass is 10.2. The summed E-state index contributed by atoms with van der Waals surface area (Å²) in [5, 5.41) is 11.2. The van der Waals surface area contributed by atoms with E-state index in [0.717, 1.165) is 24.3 Å². The molecule has 136 valence electrons. The molecule has 0 aliphatic carbocycles. The minimum Gasteiger partial charge on any atom is -0.494 e. The summed E-state index contributed by atoms with van der Waals surface area (Å²) in [4.78, 5) is 30.7. The molecule has 0 saturated heterocycles. The molecule has 2 aromatic heterocycles. The predicted octanol–water partition coefficient (Wildman–Crippen LogP) is 3.94. The molecule has 2 N–H and O–H groups in total. The Morgan fingerprint density at radius 1 is 1.31 bits per heavy atom. The number of carboxylic acid groups (broad SMARTS) is 1. The van der Waals surface area contributed by atoms with E-state index in [1.165, 1.54) is 34.0 Å². The molecule has 1 aromatic carbocycles. The van der Waals surface area contributed by atoms with Gasteiger partial charge in [-0.25, -0.2) is 9.78 Å². The van der Waals surface area contributed by atoms with Gasteiger partial charge in [0.25, 0.3) is 5.56 Å². The Balaban J connectivity index is 1.48. The number of rotatable bonds is 8. The molecule has 0 unspecified atom stereocenters. The number of H-pyrrole nitrogens is 1. The van der Waals surface area contributed by atoms with Crippen molar-refractivity contribution in [2.45, 2.75) is 24.9 Å². The van der Waals surface area contributed by atoms with Crippen molar-refractivity contribution in [3.63, 3.8) is 0 Å². The maximum atomic E-state index is 12.1. The molecule has 2 heterocycles. The van der Waals surface area contributed by atoms with E-state index in [0.29, 0.717) is 16.6 Å². The number of fused-ring (bicyclic) bond motifs is 1. The number of carboxylic acids is 1. The van der Waals surface area contributed by atoms with Crippen LogP contribution in [0.5, 0.6) is 5.75 Å². The molecular formula is C18H18N2O4S2. The van der Waals surface area contributed by atoms with Crippen LogP contribution >= 0.6 is 23.1 Å². The van der Waals surface area contributed by atoms with Gasteiger partial charge in [0.1, 0.15) is 10.6 Å². The van der Waals surface area contributed by atoms with Crippen molar-refractivity contribution in [3.05, 3.63) is 51.1 Å². The van der Waals surface area contributed by atoms with Gasteiger partial charge in [0.05, 0.1) is 17.6 Å². The van der Waals surface area contributed by atoms with Crippen LogP contribution in [0.1, 0.15) is 28.8 Å². The lowest BCUT2D eigenvalue weighted by Gasteiger charge is -2.06. The highest BCUT2D eigenvalue weighted by atomic mass is 32.2. The minimum atomic E-state index is -1.11. The highest BCUT2D eigenvalue weighted by Gasteiger charge is 2.16. The van der Waals surface area contributed by atoms with E-state index < -0.39 is 11.5 Å². The van der Waals surface area contributed by atoms with Gasteiger partial charge in [0, 0.05) is 11.1 Å². The molecule has 0 atom stereocenters. The van der Waals surface area contributed by atoms with Gasteiger partial charge >= 0.3 is 5.97 Å². The Morgan fingerprint density at radius 2 is 2.08 bits per heavy atom. The lowest BCUT2D eigenvalue weighted by molar-refractivity contribution is 0.0699. The van der Waals surface area contributed by atoms with Crippen LogP contribution in [-0.2, 0) is 0 Å². The maximum absolute atomic E-state index is 12.1. The van der Waals surface area contributed by atoms with Crippen LogP contribution in [0.2, 0.25) is 0 Å². The summed E-state index contributed by atoms with van der Waals surface area (Å²) in [6.07, 6.45) is 1.82. The minimum absolute atomic E-state index is 0.00329. The second-order valence-electron chi connectivity index (χ2n) is 5.72. The fourth-order valence-corrected chi connectivity index (χ4v) is 4.19. The number of aromatic amines is 1. The van der Waals surface area contributed by atoms with Crippen molar-refractivity contribution in [2.24, 2.45) is 0 Å². The molecule has 3 aromatic rings. The smallest absolute Gasteiger partial charge is 0.337 e. The number of aromatic nitrogens is 2. The number of aryl methyl sites for hydroxylation is 1. The van der Waals surface area contributed by atoms with Crippen molar-refractivity contribution >= 4 is 39.3 Å². The molecule has 6 nitrogen and oxygen atoms in total. The Morgan fingerprint density at radius 3 is 2.81 bits per heavy atom. The normalized spacial score (nSPS) is 11.0. The van der Waals surface area contributed by atoms with E-state index in [2.05, 4.69) is 9.97 Å². The Hall–Kier alpha value is -2.32. The van der Waals surface area contributed by atoms with E-state index in [1.807, 2.05) is 31.2 Å². The fraction of sp³-hybridized carbons (Fsp3) is 0.278. The first-order valence-electron chi connectivity index (χ1n) is 8.11. The van der Waals surface area contributed by atoms with Gasteiger partial charge in [-0.2, -0.15) is 0 Å². The molecular weight excluding hydrogens is 372 g/mol. The number of carbonyl (C=O) groups is 1. The van der Waals surface area contributed by atoms with Gasteiger partial charge in [0.2, 0.25) is 0 Å². The first-order chi connectivity index (χ1) is 12.5. The van der Waals surface area contributed by atoms with Crippen LogP contribution in [0.4, 0.5) is 0 Å². The number of unbranched alkanes of at least 4 members (excludes halogenated alkanes) is 1. The standard InChI is InChI=1S/C18H18N2O4S2/c1-11-4-6-12(7-5-11)24-8-2-3-9-25-18-19-15(21)14-13(17(22)23)10-26-16(14)20-18/h4-7,10H,2-3,8-9H2,1H3,(H,22,23)(H,19,20,21). The molecule has 0 amide bonds. The molecule has 3 rings (SSSR count). The van der Waals surface area contributed by atoms with Gasteiger partial charge in [-0.15, -0.1) is 11.3 Å². The number of nitrogens with zero attached hydrogens (tertiary/aromatic N) is 1. The van der Waals surface area contributed by atoms with Crippen LogP contribution in [-0.4, -0.2) is 33.4 Å². The molecule has 0 aliphatic heterocycles. The lowest BCUT2D eigenvalue weighted by Crippen LogP contribution is -2.11. The SMILES string of the molecule is Cc1ccc(OCCCCSc2nc3scc(C(=O)O)c3c(=O)[nH]2)cc1. The van der Waals surface area contributed by atoms with Gasteiger partial charge in [0.15, 0.2) is 5.16 Å². The van der Waals surface area contributed by atoms with Crippen molar-refractivity contribution < 1.29 is 14.6 Å². The Bertz CT molecular complexity index is 963. The highest BCUT2D eigenvalue weighted by Crippen LogP contribution is 2.23. The quantitative estimate of drug-likeness (QED) is 0.344. The summed E-state index contributed by atoms with van der Waals surface area (Å²) in [5.41, 5.74) is 0.802. The zero-order valence-electron chi connectivity index (χ0n) is 14.2. The third-order valence-corrected chi connectivity index (χ3v) is 5.55. The first kappa shape index (κ1) is 18.5. The van der Waals surface area contributed by atoms with E-state index in [1.54, 1.807) is 0 Å². The highest BCUT2D eigenvalue weighted by molar-refractivity contribution is 7.99. The Labute approximate surface area is 158 Å². The second-order valence-corrected chi connectivity index (χ2v) is 7.66. The Kier molecular flexibility index (Phi) is 5.95. The number of ether oxygens (including phenoxy) is 1. The van der Waals surface area contributed by atoms with E-state index >= 15 is 0 Å². The van der Waals surface area contributed by atoms with Crippen LogP contribution < -0.4 is 10.3 Å². The summed E-state index contributed by atoms with van der Waals surface area (Å²) in [5.74, 6) is 0.548. The monoisotopic (exact) mass is 390 g/mol.